The van der Waals surface area contributed by atoms with E-state index in [4.69, 9.17) is 11.5 Å². The lowest BCUT2D eigenvalue weighted by Crippen LogP contribution is -2.38. The number of carbonyl (C=O) groups excluding carboxylic acids is 1. The number of aromatic nitrogens is 1. The molecule has 25 heavy (non-hydrogen) atoms. The van der Waals surface area contributed by atoms with Crippen molar-refractivity contribution >= 4 is 16.8 Å². The zero-order chi connectivity index (χ0) is 17.8. The lowest BCUT2D eigenvalue weighted by Gasteiger charge is -2.10. The highest BCUT2D eigenvalue weighted by Gasteiger charge is 2.11. The number of benzene rings is 2. The predicted octanol–water partition coefficient (Wildman–Crippen LogP) is 2.38. The summed E-state index contributed by atoms with van der Waals surface area (Å²) in [7, 11) is 0. The van der Waals surface area contributed by atoms with Gasteiger partial charge in [0.1, 0.15) is 11.5 Å². The maximum Gasteiger partial charge on any atom is 0.267 e. The van der Waals surface area contributed by atoms with Crippen molar-refractivity contribution in [3.05, 3.63) is 60.0 Å². The number of halogens is 1. The molecule has 0 saturated carbocycles. The minimum Gasteiger partial charge on any atom is -0.351 e. The zero-order valence-electron chi connectivity index (χ0n) is 13.8. The lowest BCUT2D eigenvalue weighted by molar-refractivity contribution is 0.0946. The SMILES string of the molecule is NCC[C@H](N)CNC(=O)c1cc2ccc(-c3ccc(F)cc3)cc2[nH]1. The Hall–Kier alpha value is -2.70. The third-order valence-corrected chi connectivity index (χ3v) is 4.11. The van der Waals surface area contributed by atoms with E-state index in [1.165, 1.54) is 12.1 Å². The number of carbonyl (C=O) groups is 1. The van der Waals surface area contributed by atoms with Gasteiger partial charge in [-0.1, -0.05) is 24.3 Å². The second-order valence-electron chi connectivity index (χ2n) is 6.04. The number of hydrogen-bond donors (Lipinski definition) is 4. The molecule has 6 heteroatoms. The molecule has 0 aliphatic rings. The molecule has 130 valence electrons. The van der Waals surface area contributed by atoms with Crippen molar-refractivity contribution < 1.29 is 9.18 Å². The number of amides is 1. The molecule has 0 fully saturated rings. The Bertz CT molecular complexity index is 873. The van der Waals surface area contributed by atoms with E-state index in [2.05, 4.69) is 10.3 Å². The molecule has 6 N–H and O–H groups in total. The molecule has 1 atom stereocenters. The summed E-state index contributed by atoms with van der Waals surface area (Å²) in [5.74, 6) is -0.469. The molecule has 3 aromatic rings. The average molecular weight is 340 g/mol. The van der Waals surface area contributed by atoms with Crippen LogP contribution < -0.4 is 16.8 Å². The van der Waals surface area contributed by atoms with E-state index in [-0.39, 0.29) is 17.8 Å². The highest BCUT2D eigenvalue weighted by atomic mass is 19.1. The van der Waals surface area contributed by atoms with E-state index in [1.54, 1.807) is 18.2 Å². The van der Waals surface area contributed by atoms with Gasteiger partial charge in [0.25, 0.3) is 5.91 Å². The molecule has 2 aromatic carbocycles. The van der Waals surface area contributed by atoms with Crippen LogP contribution in [0.4, 0.5) is 4.39 Å². The highest BCUT2D eigenvalue weighted by Crippen LogP contribution is 2.25. The maximum absolute atomic E-state index is 13.1. The van der Waals surface area contributed by atoms with Crippen LogP contribution in [0, 0.1) is 5.82 Å². The summed E-state index contributed by atoms with van der Waals surface area (Å²) in [5.41, 5.74) is 14.5. The Balaban J connectivity index is 1.78. The van der Waals surface area contributed by atoms with Crippen LogP contribution >= 0.6 is 0 Å². The first-order valence-corrected chi connectivity index (χ1v) is 8.19. The second kappa shape index (κ2) is 7.46. The summed E-state index contributed by atoms with van der Waals surface area (Å²) in [6, 6.07) is 13.8. The fourth-order valence-electron chi connectivity index (χ4n) is 2.71. The molecule has 3 rings (SSSR count). The number of nitrogens with two attached hydrogens (primary N) is 2. The van der Waals surface area contributed by atoms with Crippen molar-refractivity contribution in [2.45, 2.75) is 12.5 Å². The Labute approximate surface area is 145 Å². The van der Waals surface area contributed by atoms with Crippen LogP contribution in [0.5, 0.6) is 0 Å². The van der Waals surface area contributed by atoms with Gasteiger partial charge >= 0.3 is 0 Å². The summed E-state index contributed by atoms with van der Waals surface area (Å²) in [5, 5.41) is 3.74. The van der Waals surface area contributed by atoms with Crippen LogP contribution in [-0.2, 0) is 0 Å². The highest BCUT2D eigenvalue weighted by molar-refractivity contribution is 5.98. The van der Waals surface area contributed by atoms with E-state index in [0.717, 1.165) is 22.0 Å². The van der Waals surface area contributed by atoms with Gasteiger partial charge in [-0.05, 0) is 48.4 Å². The third kappa shape index (κ3) is 4.04. The normalized spacial score (nSPS) is 12.3. The standard InChI is InChI=1S/C19H21FN4O/c20-15-5-3-12(4-6-15)13-1-2-14-10-18(24-17(14)9-13)19(25)23-11-16(22)7-8-21/h1-6,9-10,16,24H,7-8,11,21-22H2,(H,23,25)/t16-/m0/s1. The largest absolute Gasteiger partial charge is 0.351 e. The minimum absolute atomic E-state index is 0.150. The molecule has 5 nitrogen and oxygen atoms in total. The molecular weight excluding hydrogens is 319 g/mol. The smallest absolute Gasteiger partial charge is 0.267 e. The van der Waals surface area contributed by atoms with Crippen LogP contribution in [0.1, 0.15) is 16.9 Å². The van der Waals surface area contributed by atoms with Crippen LogP contribution in [0.3, 0.4) is 0 Å². The fraction of sp³-hybridized carbons (Fsp3) is 0.211. The van der Waals surface area contributed by atoms with Crippen LogP contribution in [0.15, 0.2) is 48.5 Å². The summed E-state index contributed by atoms with van der Waals surface area (Å²) in [4.78, 5) is 15.4. The Morgan fingerprint density at radius 3 is 2.56 bits per heavy atom. The van der Waals surface area contributed by atoms with Gasteiger partial charge < -0.3 is 21.8 Å². The van der Waals surface area contributed by atoms with Crippen molar-refractivity contribution in [2.75, 3.05) is 13.1 Å². The molecule has 0 unspecified atom stereocenters. The third-order valence-electron chi connectivity index (χ3n) is 4.11. The van der Waals surface area contributed by atoms with Crippen molar-refractivity contribution in [1.82, 2.24) is 10.3 Å². The number of rotatable bonds is 6. The Kier molecular flexibility index (Phi) is 5.11. The Morgan fingerprint density at radius 2 is 1.84 bits per heavy atom. The van der Waals surface area contributed by atoms with Crippen molar-refractivity contribution in [3.8, 4) is 11.1 Å². The van der Waals surface area contributed by atoms with Gasteiger partial charge in [-0.3, -0.25) is 4.79 Å². The molecule has 0 bridgehead atoms. The molecule has 0 spiro atoms. The van der Waals surface area contributed by atoms with Gasteiger partial charge in [-0.15, -0.1) is 0 Å². The second-order valence-corrected chi connectivity index (χ2v) is 6.04. The van der Waals surface area contributed by atoms with Crippen LogP contribution in [-0.4, -0.2) is 30.0 Å². The Morgan fingerprint density at radius 1 is 1.12 bits per heavy atom. The average Bonchev–Trinajstić information content (AvgIpc) is 3.04. The monoisotopic (exact) mass is 340 g/mol. The van der Waals surface area contributed by atoms with E-state index in [0.29, 0.717) is 25.2 Å². The molecule has 1 amide bonds. The summed E-state index contributed by atoms with van der Waals surface area (Å²) < 4.78 is 13.1. The van der Waals surface area contributed by atoms with Gasteiger partial charge in [-0.2, -0.15) is 0 Å². The first-order chi connectivity index (χ1) is 12.1. The predicted molar refractivity (Wildman–Crippen MR) is 97.7 cm³/mol. The van der Waals surface area contributed by atoms with Crippen LogP contribution in [0.2, 0.25) is 0 Å². The molecular formula is C19H21FN4O. The number of nitrogens with one attached hydrogen (secondary N) is 2. The van der Waals surface area contributed by atoms with Crippen LogP contribution in [0.25, 0.3) is 22.0 Å². The van der Waals surface area contributed by atoms with E-state index in [1.807, 2.05) is 18.2 Å². The topological polar surface area (TPSA) is 96.9 Å². The zero-order valence-corrected chi connectivity index (χ0v) is 13.8. The molecule has 1 aromatic heterocycles. The quantitative estimate of drug-likeness (QED) is 0.555. The molecule has 0 radical (unpaired) electrons. The number of hydrogen-bond acceptors (Lipinski definition) is 3. The van der Waals surface area contributed by atoms with E-state index in [9.17, 15) is 9.18 Å². The summed E-state index contributed by atoms with van der Waals surface area (Å²) in [6.45, 7) is 0.877. The molecule has 0 aliphatic heterocycles. The van der Waals surface area contributed by atoms with Gasteiger partial charge in [0.15, 0.2) is 0 Å². The first kappa shape index (κ1) is 17.1. The van der Waals surface area contributed by atoms with Gasteiger partial charge in [0.05, 0.1) is 0 Å². The van der Waals surface area contributed by atoms with E-state index < -0.39 is 0 Å². The molecule has 1 heterocycles. The maximum atomic E-state index is 13.1. The summed E-state index contributed by atoms with van der Waals surface area (Å²) in [6.07, 6.45) is 0.661. The molecule has 0 saturated heterocycles. The molecule has 0 aliphatic carbocycles. The van der Waals surface area contributed by atoms with Crippen molar-refractivity contribution in [1.29, 1.82) is 0 Å². The summed E-state index contributed by atoms with van der Waals surface area (Å²) >= 11 is 0. The fourth-order valence-corrected chi connectivity index (χ4v) is 2.71. The lowest BCUT2D eigenvalue weighted by atomic mass is 10.0. The number of H-pyrrole nitrogens is 1. The number of fused-ring (bicyclic) bond motifs is 1. The van der Waals surface area contributed by atoms with Crippen molar-refractivity contribution in [2.24, 2.45) is 11.5 Å². The number of aromatic amines is 1. The minimum atomic E-state index is -0.267. The van der Waals surface area contributed by atoms with E-state index >= 15 is 0 Å². The van der Waals surface area contributed by atoms with Gasteiger partial charge in [0, 0.05) is 23.5 Å². The van der Waals surface area contributed by atoms with Gasteiger partial charge in [-0.25, -0.2) is 4.39 Å². The van der Waals surface area contributed by atoms with Crippen molar-refractivity contribution in [3.63, 3.8) is 0 Å². The first-order valence-electron chi connectivity index (χ1n) is 8.19. The van der Waals surface area contributed by atoms with Gasteiger partial charge in [0.2, 0.25) is 0 Å².